The Labute approximate surface area is 247 Å². The summed E-state index contributed by atoms with van der Waals surface area (Å²) in [5.41, 5.74) is 1.71. The van der Waals surface area contributed by atoms with E-state index in [4.69, 9.17) is 23.8 Å². The smallest absolute Gasteiger partial charge is 0.260 e. The van der Waals surface area contributed by atoms with Gasteiger partial charge in [0.2, 0.25) is 11.8 Å². The van der Waals surface area contributed by atoms with Gasteiger partial charge in [0.15, 0.2) is 16.7 Å². The second kappa shape index (κ2) is 12.5. The van der Waals surface area contributed by atoms with Gasteiger partial charge in [0.05, 0.1) is 37.1 Å². The Morgan fingerprint density at radius 3 is 2.93 bits per heavy atom. The zero-order chi connectivity index (χ0) is 29.3. The molecule has 222 valence electrons. The molecule has 3 saturated heterocycles. The van der Waals surface area contributed by atoms with Crippen LogP contribution in [0.5, 0.6) is 5.88 Å². The number of hydrogen-bond donors (Lipinski definition) is 1. The highest BCUT2D eigenvalue weighted by molar-refractivity contribution is 7.59. The molecule has 0 aliphatic carbocycles. The van der Waals surface area contributed by atoms with Crippen LogP contribution in [0.3, 0.4) is 0 Å². The van der Waals surface area contributed by atoms with Crippen LogP contribution in [0.1, 0.15) is 64.7 Å². The molecular weight excluding hydrogens is 576 g/mol. The first-order valence-electron chi connectivity index (χ1n) is 14.3. The van der Waals surface area contributed by atoms with Crippen molar-refractivity contribution in [2.45, 2.75) is 83.0 Å². The Bertz CT molecular complexity index is 1470. The number of hydrogen-bond acceptors (Lipinski definition) is 11. The lowest BCUT2D eigenvalue weighted by atomic mass is 9.87. The quantitative estimate of drug-likeness (QED) is 0.221. The third kappa shape index (κ3) is 5.62. The van der Waals surface area contributed by atoms with Crippen molar-refractivity contribution in [3.8, 4) is 11.9 Å². The zero-order valence-corrected chi connectivity index (χ0v) is 25.8. The van der Waals surface area contributed by atoms with Gasteiger partial charge in [-0.1, -0.05) is 37.3 Å². The van der Waals surface area contributed by atoms with Gasteiger partial charge in [0, 0.05) is 28.6 Å². The van der Waals surface area contributed by atoms with Crippen molar-refractivity contribution in [1.29, 1.82) is 5.26 Å². The summed E-state index contributed by atoms with van der Waals surface area (Å²) >= 11 is 0. The summed E-state index contributed by atoms with van der Waals surface area (Å²) in [6.07, 6.45) is 4.78. The van der Waals surface area contributed by atoms with Crippen LogP contribution >= 0.6 is 17.3 Å². The molecule has 5 heterocycles. The van der Waals surface area contributed by atoms with Crippen LogP contribution in [0.15, 0.2) is 36.7 Å². The van der Waals surface area contributed by atoms with Gasteiger partial charge in [-0.25, -0.2) is 9.65 Å². The van der Waals surface area contributed by atoms with Crippen LogP contribution in [0.25, 0.3) is 11.2 Å². The molecule has 0 saturated carbocycles. The molecule has 6 rings (SSSR count). The molecule has 42 heavy (non-hydrogen) atoms. The number of nitrogens with one attached hydrogen (secondary N) is 1. The van der Waals surface area contributed by atoms with E-state index < -0.39 is 14.1 Å². The first kappa shape index (κ1) is 29.3. The Hall–Kier alpha value is -2.77. The Morgan fingerprint density at radius 2 is 2.17 bits per heavy atom. The van der Waals surface area contributed by atoms with Crippen LogP contribution in [0.2, 0.25) is 0 Å². The average Bonchev–Trinajstić information content (AvgIpc) is 3.78. The van der Waals surface area contributed by atoms with E-state index in [1.807, 2.05) is 10.6 Å². The number of fused-ring (bicyclic) bond motifs is 2. The largest absolute Gasteiger partial charge is 0.475 e. The van der Waals surface area contributed by atoms with Gasteiger partial charge in [-0.3, -0.25) is 9.36 Å². The number of benzene rings is 1. The van der Waals surface area contributed by atoms with E-state index in [0.717, 1.165) is 25.8 Å². The first-order chi connectivity index (χ1) is 20.4. The first-order valence-corrected chi connectivity index (χ1v) is 16.4. The fourth-order valence-corrected chi connectivity index (χ4v) is 8.48. The highest BCUT2D eigenvalue weighted by Crippen LogP contribution is 2.64. The van der Waals surface area contributed by atoms with E-state index in [9.17, 15) is 4.79 Å². The molecule has 3 aromatic rings. The second-order valence-corrected chi connectivity index (χ2v) is 13.4. The van der Waals surface area contributed by atoms with Gasteiger partial charge >= 0.3 is 0 Å². The highest BCUT2D eigenvalue weighted by atomic mass is 31.2. The lowest BCUT2D eigenvalue weighted by Crippen LogP contribution is -2.36. The number of anilines is 1. The number of nitrogens with zero attached hydrogens (tertiary/aromatic N) is 6. The third-order valence-electron chi connectivity index (χ3n) is 8.00. The van der Waals surface area contributed by atoms with Crippen LogP contribution in [0.4, 0.5) is 5.95 Å². The summed E-state index contributed by atoms with van der Waals surface area (Å²) in [6.45, 7) is 6.91. The van der Waals surface area contributed by atoms with Gasteiger partial charge < -0.3 is 23.6 Å². The van der Waals surface area contributed by atoms with E-state index in [1.165, 1.54) is 12.5 Å². The molecule has 0 radical (unpaired) electrons. The molecule has 2 aromatic heterocycles. The van der Waals surface area contributed by atoms with Crippen LogP contribution in [-0.4, -0.2) is 61.1 Å². The molecule has 3 aliphatic rings. The van der Waals surface area contributed by atoms with Crippen molar-refractivity contribution in [1.82, 2.24) is 24.2 Å². The summed E-state index contributed by atoms with van der Waals surface area (Å²) in [7, 11) is -1.46. The molecule has 2 unspecified atom stereocenters. The zero-order valence-electron chi connectivity index (χ0n) is 23.9. The van der Waals surface area contributed by atoms with Crippen LogP contribution in [-0.2, 0) is 24.2 Å². The normalized spacial score (nSPS) is 29.3. The maximum Gasteiger partial charge on any atom is 0.260 e. The number of ether oxygens (including phenoxy) is 2. The highest BCUT2D eigenvalue weighted by Gasteiger charge is 2.56. The fraction of sp³-hybridized carbons (Fsp3) is 0.536. The molecule has 0 amide bonds. The van der Waals surface area contributed by atoms with Gasteiger partial charge in [0.25, 0.3) is 8.53 Å². The summed E-state index contributed by atoms with van der Waals surface area (Å²) in [5, 5.41) is 11.9. The van der Waals surface area contributed by atoms with Gasteiger partial charge in [-0.05, 0) is 31.7 Å². The molecule has 1 aromatic carbocycles. The fourth-order valence-electron chi connectivity index (χ4n) is 5.93. The molecule has 3 aliphatic heterocycles. The minimum atomic E-state index is -1.27. The standard InChI is InChI=1S/C28H35N7O5P2/c1-4-20-21(39-42-35-14-8-12-22(35)28(3,40-42)19-10-6-5-7-11-19)16-23(38-20)34-17-30-24-25(34)31-27(33-41-18(2)36)32-26(24)37-15-9-13-29/h5-7,10-11,17,20-23,41H,4,8-9,12,14-16H2,1-3H3,(H,31,32,33)/t20-,21?,22+,23-,28-,42+/m1/s1. The molecule has 3 fully saturated rings. The minimum Gasteiger partial charge on any atom is -0.475 e. The molecule has 0 spiro atoms. The molecule has 14 heteroatoms. The number of nitriles is 1. The van der Waals surface area contributed by atoms with Crippen molar-refractivity contribution >= 4 is 39.9 Å². The second-order valence-electron chi connectivity index (χ2n) is 10.8. The van der Waals surface area contributed by atoms with E-state index in [-0.39, 0.29) is 63.6 Å². The van der Waals surface area contributed by atoms with Crippen molar-refractivity contribution in [2.75, 3.05) is 18.2 Å². The van der Waals surface area contributed by atoms with E-state index in [2.05, 4.69) is 68.9 Å². The predicted molar refractivity (Wildman–Crippen MR) is 159 cm³/mol. The number of rotatable bonds is 11. The maximum atomic E-state index is 11.6. The van der Waals surface area contributed by atoms with Crippen molar-refractivity contribution in [3.63, 3.8) is 0 Å². The predicted octanol–water partition coefficient (Wildman–Crippen LogP) is 5.39. The van der Waals surface area contributed by atoms with E-state index in [0.29, 0.717) is 17.6 Å². The molecule has 0 bridgehead atoms. The van der Waals surface area contributed by atoms with E-state index >= 15 is 0 Å². The van der Waals surface area contributed by atoms with Gasteiger partial charge in [0.1, 0.15) is 18.4 Å². The molecular formula is C28H35N7O5P2. The lowest BCUT2D eigenvalue weighted by molar-refractivity contribution is -0.109. The van der Waals surface area contributed by atoms with Gasteiger partial charge in [-0.15, -0.1) is 0 Å². The lowest BCUT2D eigenvalue weighted by Gasteiger charge is -2.29. The number of carbonyl (C=O) groups excluding carboxylic acids is 1. The Kier molecular flexibility index (Phi) is 8.69. The number of imidazole rings is 1. The summed E-state index contributed by atoms with van der Waals surface area (Å²) in [6, 6.07) is 12.8. The Morgan fingerprint density at radius 1 is 1.33 bits per heavy atom. The molecule has 7 atom stereocenters. The number of carbonyl (C=O) groups is 1. The maximum absolute atomic E-state index is 11.6. The topological polar surface area (TPSA) is 137 Å². The SMILES string of the molecule is CC[C@H]1O[C@@H](n2cnc3c(OCCC#N)nc(NPC(C)=O)nc32)CC1O[P@@]1O[C@](C)(c2ccccc2)[C@@H]2CCCN21. The Balaban J connectivity index is 1.24. The monoisotopic (exact) mass is 611 g/mol. The summed E-state index contributed by atoms with van der Waals surface area (Å²) < 4.78 is 30.2. The summed E-state index contributed by atoms with van der Waals surface area (Å²) in [4.78, 5) is 25.2. The molecule has 12 nitrogen and oxygen atoms in total. The van der Waals surface area contributed by atoms with Crippen LogP contribution < -0.4 is 9.82 Å². The third-order valence-corrected chi connectivity index (χ3v) is 10.6. The summed E-state index contributed by atoms with van der Waals surface area (Å²) in [5.74, 6) is 0.511. The average molecular weight is 612 g/mol. The van der Waals surface area contributed by atoms with Crippen molar-refractivity contribution in [3.05, 3.63) is 42.2 Å². The van der Waals surface area contributed by atoms with Crippen molar-refractivity contribution in [2.24, 2.45) is 0 Å². The van der Waals surface area contributed by atoms with E-state index in [1.54, 1.807) is 6.33 Å². The van der Waals surface area contributed by atoms with Crippen LogP contribution in [0, 0.1) is 11.3 Å². The van der Waals surface area contributed by atoms with Crippen molar-refractivity contribution < 1.29 is 23.3 Å². The minimum absolute atomic E-state index is 0.0243. The number of aromatic nitrogens is 4. The van der Waals surface area contributed by atoms with Gasteiger partial charge in [-0.2, -0.15) is 15.2 Å². The molecule has 1 N–H and O–H groups in total.